The van der Waals surface area contributed by atoms with Gasteiger partial charge in [-0.15, -0.1) is 10.2 Å². The molecule has 1 atom stereocenters. The number of fused-ring (bicyclic) bond motifs is 1. The maximum atomic E-state index is 12.4. The van der Waals surface area contributed by atoms with E-state index in [0.717, 1.165) is 24.2 Å². The molecule has 2 N–H and O–H groups in total. The van der Waals surface area contributed by atoms with E-state index in [0.29, 0.717) is 11.5 Å². The smallest absolute Gasteiger partial charge is 0.320 e. The average Bonchev–Trinajstić information content (AvgIpc) is 3.08. The first-order valence-electron chi connectivity index (χ1n) is 8.75. The number of likely N-dealkylation sites (N-methyl/N-ethyl adjacent to an activating group) is 1. The molecule has 4 rings (SSSR count). The molecule has 0 spiro atoms. The number of urea groups is 1. The van der Waals surface area contributed by atoms with E-state index in [4.69, 9.17) is 0 Å². The van der Waals surface area contributed by atoms with Crippen molar-refractivity contribution in [3.8, 4) is 11.3 Å². The van der Waals surface area contributed by atoms with E-state index in [1.165, 1.54) is 5.56 Å². The third-order valence-corrected chi connectivity index (χ3v) is 4.58. The molecule has 0 saturated carbocycles. The highest BCUT2D eigenvalue weighted by atomic mass is 16.2. The zero-order valence-electron chi connectivity index (χ0n) is 15.3. The third kappa shape index (κ3) is 3.80. The summed E-state index contributed by atoms with van der Waals surface area (Å²) in [7, 11) is 3.89. The van der Waals surface area contributed by atoms with Gasteiger partial charge in [0.1, 0.15) is 0 Å². The van der Waals surface area contributed by atoms with Crippen LogP contribution >= 0.6 is 0 Å². The maximum absolute atomic E-state index is 12.4. The minimum absolute atomic E-state index is 0.0671. The molecule has 2 amide bonds. The molecular weight excluding hydrogens is 342 g/mol. The van der Waals surface area contributed by atoms with Crippen LogP contribution in [0.5, 0.6) is 0 Å². The molecule has 3 heterocycles. The van der Waals surface area contributed by atoms with Crippen molar-refractivity contribution in [2.75, 3.05) is 18.9 Å². The van der Waals surface area contributed by atoms with Gasteiger partial charge >= 0.3 is 6.03 Å². The van der Waals surface area contributed by atoms with Crippen LogP contribution in [0.15, 0.2) is 48.8 Å². The van der Waals surface area contributed by atoms with Gasteiger partial charge in [-0.1, -0.05) is 24.3 Å². The van der Waals surface area contributed by atoms with Crippen LogP contribution in [0.3, 0.4) is 0 Å². The van der Waals surface area contributed by atoms with Crippen molar-refractivity contribution >= 4 is 11.8 Å². The number of benzene rings is 1. The Balaban J connectivity index is 1.42. The monoisotopic (exact) mass is 363 g/mol. The van der Waals surface area contributed by atoms with E-state index in [2.05, 4.69) is 43.0 Å². The molecule has 1 unspecified atom stereocenters. The lowest BCUT2D eigenvalue weighted by Gasteiger charge is -2.32. The predicted octanol–water partition coefficient (Wildman–Crippen LogP) is 2.19. The molecule has 8 heteroatoms. The minimum Gasteiger partial charge on any atom is -0.330 e. The molecule has 0 saturated heterocycles. The number of carbonyl (C=O) groups is 1. The zero-order valence-corrected chi connectivity index (χ0v) is 15.3. The van der Waals surface area contributed by atoms with Crippen LogP contribution in [0.1, 0.15) is 17.2 Å². The Morgan fingerprint density at radius 3 is 2.74 bits per heavy atom. The number of rotatable bonds is 3. The Kier molecular flexibility index (Phi) is 4.55. The number of aryl methyl sites for hydroxylation is 1. The van der Waals surface area contributed by atoms with Crippen LogP contribution in [0.25, 0.3) is 11.3 Å². The lowest BCUT2D eigenvalue weighted by Crippen LogP contribution is -2.42. The van der Waals surface area contributed by atoms with Crippen molar-refractivity contribution in [3.63, 3.8) is 0 Å². The number of carbonyl (C=O) groups excluding carboxylic acids is 1. The summed E-state index contributed by atoms with van der Waals surface area (Å²) in [5, 5.41) is 18.1. The van der Waals surface area contributed by atoms with Crippen LogP contribution in [-0.2, 0) is 13.6 Å². The summed E-state index contributed by atoms with van der Waals surface area (Å²) in [5.74, 6) is 0.401. The van der Waals surface area contributed by atoms with Crippen LogP contribution < -0.4 is 10.6 Å². The van der Waals surface area contributed by atoms with Crippen molar-refractivity contribution in [1.82, 2.24) is 30.2 Å². The van der Waals surface area contributed by atoms with Gasteiger partial charge in [0.25, 0.3) is 0 Å². The van der Waals surface area contributed by atoms with Gasteiger partial charge in [-0.3, -0.25) is 14.9 Å². The number of aromatic nitrogens is 4. The first-order valence-corrected chi connectivity index (χ1v) is 8.75. The molecule has 0 bridgehead atoms. The first-order chi connectivity index (χ1) is 13.1. The number of amides is 2. The summed E-state index contributed by atoms with van der Waals surface area (Å²) in [4.78, 5) is 14.6. The number of nitrogens with zero attached hydrogens (tertiary/aromatic N) is 5. The molecule has 0 fully saturated rings. The van der Waals surface area contributed by atoms with Gasteiger partial charge in [0, 0.05) is 31.9 Å². The fourth-order valence-corrected chi connectivity index (χ4v) is 3.32. The third-order valence-electron chi connectivity index (χ3n) is 4.58. The SMILES string of the molecule is CN1Cc2ccccc2C(NC(=O)Nc2ccc(-c3cnn(C)c3)nn2)C1. The highest BCUT2D eigenvalue weighted by molar-refractivity contribution is 5.88. The fraction of sp³-hybridized carbons (Fsp3) is 0.263. The van der Waals surface area contributed by atoms with Crippen LogP contribution in [0, 0.1) is 0 Å². The molecule has 138 valence electrons. The van der Waals surface area contributed by atoms with Crippen molar-refractivity contribution in [1.29, 1.82) is 0 Å². The summed E-state index contributed by atoms with van der Waals surface area (Å²) in [6, 6.07) is 11.4. The Morgan fingerprint density at radius 1 is 1.15 bits per heavy atom. The van der Waals surface area contributed by atoms with Gasteiger partial charge < -0.3 is 5.32 Å². The average molecular weight is 363 g/mol. The summed E-state index contributed by atoms with van der Waals surface area (Å²) in [5.41, 5.74) is 3.97. The van der Waals surface area contributed by atoms with E-state index in [9.17, 15) is 4.79 Å². The molecule has 1 aliphatic heterocycles. The molecule has 8 nitrogen and oxygen atoms in total. The summed E-state index contributed by atoms with van der Waals surface area (Å²) in [6.07, 6.45) is 3.59. The molecule has 0 radical (unpaired) electrons. The van der Waals surface area contributed by atoms with Gasteiger partial charge in [-0.25, -0.2) is 4.79 Å². The molecular formula is C19H21N7O. The lowest BCUT2D eigenvalue weighted by molar-refractivity contribution is 0.232. The molecule has 1 aliphatic rings. The second kappa shape index (κ2) is 7.16. The van der Waals surface area contributed by atoms with Gasteiger partial charge in [0.15, 0.2) is 5.82 Å². The Morgan fingerprint density at radius 2 is 2.00 bits per heavy atom. The van der Waals surface area contributed by atoms with Crippen molar-refractivity contribution in [2.24, 2.45) is 7.05 Å². The molecule has 2 aromatic heterocycles. The second-order valence-corrected chi connectivity index (χ2v) is 6.75. The Bertz CT molecular complexity index is 951. The predicted molar refractivity (Wildman–Crippen MR) is 102 cm³/mol. The van der Waals surface area contributed by atoms with Crippen LogP contribution in [0.2, 0.25) is 0 Å². The van der Waals surface area contributed by atoms with Gasteiger partial charge in [0.05, 0.1) is 17.9 Å². The fourth-order valence-electron chi connectivity index (χ4n) is 3.32. The number of nitrogens with one attached hydrogen (secondary N) is 2. The van der Waals surface area contributed by atoms with E-state index >= 15 is 0 Å². The van der Waals surface area contributed by atoms with Crippen LogP contribution in [0.4, 0.5) is 10.6 Å². The Hall–Kier alpha value is -3.26. The molecule has 1 aromatic carbocycles. The van der Waals surface area contributed by atoms with Crippen LogP contribution in [-0.4, -0.2) is 44.5 Å². The highest BCUT2D eigenvalue weighted by Crippen LogP contribution is 2.25. The van der Waals surface area contributed by atoms with Gasteiger partial charge in [-0.2, -0.15) is 5.10 Å². The molecule has 0 aliphatic carbocycles. The van der Waals surface area contributed by atoms with Gasteiger partial charge in [0.2, 0.25) is 0 Å². The minimum atomic E-state index is -0.298. The van der Waals surface area contributed by atoms with E-state index in [-0.39, 0.29) is 12.1 Å². The van der Waals surface area contributed by atoms with Crippen molar-refractivity contribution in [3.05, 3.63) is 59.9 Å². The molecule has 3 aromatic rings. The number of anilines is 1. The lowest BCUT2D eigenvalue weighted by atomic mass is 9.96. The second-order valence-electron chi connectivity index (χ2n) is 6.75. The molecule has 27 heavy (non-hydrogen) atoms. The summed E-state index contributed by atoms with van der Waals surface area (Å²) >= 11 is 0. The standard InChI is InChI=1S/C19H21N7O/c1-25-10-13-5-3-4-6-15(13)17(12-25)21-19(27)22-18-8-7-16(23-24-18)14-9-20-26(2)11-14/h3-9,11,17H,10,12H2,1-2H3,(H2,21,22,24,27). The zero-order chi connectivity index (χ0) is 18.8. The quantitative estimate of drug-likeness (QED) is 0.745. The normalized spacial score (nSPS) is 16.6. The number of hydrogen-bond acceptors (Lipinski definition) is 5. The summed E-state index contributed by atoms with van der Waals surface area (Å²) in [6.45, 7) is 1.65. The van der Waals surface area contributed by atoms with E-state index < -0.39 is 0 Å². The van der Waals surface area contributed by atoms with Crippen molar-refractivity contribution < 1.29 is 4.79 Å². The topological polar surface area (TPSA) is 88.0 Å². The first kappa shape index (κ1) is 17.2. The van der Waals surface area contributed by atoms with Crippen molar-refractivity contribution in [2.45, 2.75) is 12.6 Å². The number of hydrogen-bond donors (Lipinski definition) is 2. The largest absolute Gasteiger partial charge is 0.330 e. The van der Waals surface area contributed by atoms with E-state index in [1.807, 2.05) is 38.5 Å². The van der Waals surface area contributed by atoms with E-state index in [1.54, 1.807) is 16.9 Å². The Labute approximate surface area is 157 Å². The maximum Gasteiger partial charge on any atom is 0.320 e. The van der Waals surface area contributed by atoms with Gasteiger partial charge in [-0.05, 0) is 30.3 Å². The highest BCUT2D eigenvalue weighted by Gasteiger charge is 2.24. The summed E-state index contributed by atoms with van der Waals surface area (Å²) < 4.78 is 1.70.